The summed E-state index contributed by atoms with van der Waals surface area (Å²) in [6.07, 6.45) is -0.675. The first-order valence-electron chi connectivity index (χ1n) is 15.9. The van der Waals surface area contributed by atoms with E-state index in [1.165, 1.54) is 12.5 Å². The number of alkyl halides is 1. The average Bonchev–Trinajstić information content (AvgIpc) is 3.62. The van der Waals surface area contributed by atoms with Gasteiger partial charge in [-0.05, 0) is 66.6 Å². The summed E-state index contributed by atoms with van der Waals surface area (Å²) in [5.74, 6) is 1.42. The molecule has 11 heteroatoms. The number of aliphatic imine (C=N–C) groups is 1. The van der Waals surface area contributed by atoms with Crippen LogP contribution in [0, 0.1) is 12.8 Å². The Labute approximate surface area is 278 Å². The Morgan fingerprint density at radius 2 is 1.56 bits per heavy atom. The molecule has 4 aromatic rings. The molecule has 6 atom stereocenters. The van der Waals surface area contributed by atoms with Crippen LogP contribution in [0.15, 0.2) is 94.8 Å². The van der Waals surface area contributed by atoms with Crippen LogP contribution in [-0.2, 0) is 15.1 Å². The summed E-state index contributed by atoms with van der Waals surface area (Å²) in [5.41, 5.74) is -1.85. The van der Waals surface area contributed by atoms with Gasteiger partial charge in [0, 0.05) is 25.9 Å². The Morgan fingerprint density at radius 1 is 0.979 bits per heavy atom. The van der Waals surface area contributed by atoms with Crippen LogP contribution >= 0.6 is 0 Å². The van der Waals surface area contributed by atoms with E-state index < -0.39 is 41.0 Å². The fourth-order valence-corrected chi connectivity index (χ4v) is 7.48. The smallest absolute Gasteiger partial charge is 0.351 e. The zero-order valence-electron chi connectivity index (χ0n) is 27.5. The van der Waals surface area contributed by atoms with E-state index in [1.54, 1.807) is 40.1 Å². The van der Waals surface area contributed by atoms with Gasteiger partial charge in [-0.2, -0.15) is 4.98 Å². The molecular formula is C37H39FN4O6. The molecule has 10 nitrogen and oxygen atoms in total. The van der Waals surface area contributed by atoms with Gasteiger partial charge in [0.1, 0.15) is 34.4 Å². The standard InChI is InChI=1S/C37H39FN4O6/c1-23-21-42(34(43)40-31(23)39-22-41(2)3)32-30(38)35(44)19-27-20-36(27,33(35)47-32)48-37(24-9-7-6-8-10-24,25-11-15-28(45-4)16-12-25)26-13-17-29(46-5)18-14-26/h6-18,21-22,27,30,32-33,44H,19-20H2,1-5H3/t27-,30+,32-,33+,35+,36-/m1/s1. The molecular weight excluding hydrogens is 615 g/mol. The number of methoxy groups -OCH3 is 2. The number of aromatic nitrogens is 2. The molecule has 1 N–H and O–H groups in total. The van der Waals surface area contributed by atoms with E-state index in [2.05, 4.69) is 9.98 Å². The van der Waals surface area contributed by atoms with Crippen molar-refractivity contribution in [1.29, 1.82) is 0 Å². The summed E-state index contributed by atoms with van der Waals surface area (Å²) in [6, 6.07) is 25.1. The number of rotatable bonds is 10. The van der Waals surface area contributed by atoms with E-state index >= 15 is 4.39 Å². The van der Waals surface area contributed by atoms with Gasteiger partial charge in [0.05, 0.1) is 20.6 Å². The van der Waals surface area contributed by atoms with Crippen molar-refractivity contribution in [3.63, 3.8) is 0 Å². The van der Waals surface area contributed by atoms with Gasteiger partial charge >= 0.3 is 5.69 Å². The minimum Gasteiger partial charge on any atom is -0.497 e. The van der Waals surface area contributed by atoms with Crippen LogP contribution < -0.4 is 15.2 Å². The molecule has 3 aliphatic rings. The molecule has 0 bridgehead atoms. The normalized spacial score (nSPS) is 27.5. The van der Waals surface area contributed by atoms with E-state index in [9.17, 15) is 9.90 Å². The van der Waals surface area contributed by atoms with Crippen LogP contribution in [0.5, 0.6) is 11.5 Å². The van der Waals surface area contributed by atoms with Crippen molar-refractivity contribution in [1.82, 2.24) is 14.5 Å². The second kappa shape index (κ2) is 11.8. The van der Waals surface area contributed by atoms with Crippen LogP contribution in [0.4, 0.5) is 10.2 Å². The molecule has 3 fully saturated rings. The highest BCUT2D eigenvalue weighted by molar-refractivity contribution is 5.60. The van der Waals surface area contributed by atoms with Crippen molar-refractivity contribution in [3.8, 4) is 11.5 Å². The Kier molecular flexibility index (Phi) is 7.89. The minimum atomic E-state index is -1.90. The first-order chi connectivity index (χ1) is 23.1. The lowest BCUT2D eigenvalue weighted by molar-refractivity contribution is -0.164. The van der Waals surface area contributed by atoms with Gasteiger partial charge in [0.15, 0.2) is 18.2 Å². The highest BCUT2D eigenvalue weighted by atomic mass is 19.1. The van der Waals surface area contributed by atoms with E-state index in [0.29, 0.717) is 23.5 Å². The number of nitrogens with zero attached hydrogens (tertiary/aromatic N) is 4. The van der Waals surface area contributed by atoms with Gasteiger partial charge in [-0.1, -0.05) is 54.6 Å². The number of hydrogen-bond donors (Lipinski definition) is 1. The average molecular weight is 655 g/mol. The van der Waals surface area contributed by atoms with Crippen LogP contribution in [0.3, 0.4) is 0 Å². The Balaban J connectivity index is 1.33. The predicted molar refractivity (Wildman–Crippen MR) is 178 cm³/mol. The lowest BCUT2D eigenvalue weighted by atomic mass is 9.79. The molecule has 0 unspecified atom stereocenters. The van der Waals surface area contributed by atoms with E-state index in [1.807, 2.05) is 78.9 Å². The third kappa shape index (κ3) is 4.99. The highest BCUT2D eigenvalue weighted by Gasteiger charge is 2.81. The summed E-state index contributed by atoms with van der Waals surface area (Å²) in [7, 11) is 6.83. The molecule has 0 spiro atoms. The van der Waals surface area contributed by atoms with Gasteiger partial charge in [-0.3, -0.25) is 4.57 Å². The number of aryl methyl sites for hydroxylation is 1. The van der Waals surface area contributed by atoms with Crippen molar-refractivity contribution in [2.24, 2.45) is 10.9 Å². The number of halogens is 1. The fraction of sp³-hybridized carbons (Fsp3) is 0.378. The molecule has 48 heavy (non-hydrogen) atoms. The summed E-state index contributed by atoms with van der Waals surface area (Å²) >= 11 is 0. The van der Waals surface area contributed by atoms with Gasteiger partial charge in [-0.15, -0.1) is 0 Å². The van der Waals surface area contributed by atoms with E-state index in [4.69, 9.17) is 18.9 Å². The maximum Gasteiger partial charge on any atom is 0.351 e. The zero-order valence-corrected chi connectivity index (χ0v) is 27.5. The maximum atomic E-state index is 16.5. The summed E-state index contributed by atoms with van der Waals surface area (Å²) in [4.78, 5) is 23.3. The van der Waals surface area contributed by atoms with Crippen LogP contribution in [0.25, 0.3) is 0 Å². The van der Waals surface area contributed by atoms with Crippen LogP contribution in [-0.4, -0.2) is 77.7 Å². The van der Waals surface area contributed by atoms with Crippen LogP contribution in [0.1, 0.15) is 41.3 Å². The predicted octanol–water partition coefficient (Wildman–Crippen LogP) is 4.93. The first kappa shape index (κ1) is 32.0. The molecule has 250 valence electrons. The molecule has 2 aliphatic carbocycles. The second-order valence-electron chi connectivity index (χ2n) is 13.1. The van der Waals surface area contributed by atoms with E-state index in [-0.39, 0.29) is 18.2 Å². The third-order valence-corrected chi connectivity index (χ3v) is 9.88. The number of ether oxygens (including phenoxy) is 4. The number of hydrogen-bond acceptors (Lipinski definition) is 8. The summed E-state index contributed by atoms with van der Waals surface area (Å²) in [6.45, 7) is 1.74. The van der Waals surface area contributed by atoms with Gasteiger partial charge in [0.25, 0.3) is 0 Å². The van der Waals surface area contributed by atoms with Crippen molar-refractivity contribution in [2.45, 2.75) is 55.1 Å². The molecule has 7 rings (SSSR count). The quantitative estimate of drug-likeness (QED) is 0.146. The lowest BCUT2D eigenvalue weighted by Crippen LogP contribution is -2.51. The molecule has 2 heterocycles. The van der Waals surface area contributed by atoms with Gasteiger partial charge in [0.2, 0.25) is 0 Å². The van der Waals surface area contributed by atoms with Crippen LogP contribution in [0.2, 0.25) is 0 Å². The molecule has 3 aromatic carbocycles. The first-order valence-corrected chi connectivity index (χ1v) is 15.9. The number of fused-ring (bicyclic) bond motifs is 3. The number of aliphatic hydroxyl groups is 1. The van der Waals surface area contributed by atoms with Crippen molar-refractivity contribution >= 4 is 12.2 Å². The monoisotopic (exact) mass is 654 g/mol. The van der Waals surface area contributed by atoms with Crippen molar-refractivity contribution in [2.75, 3.05) is 28.3 Å². The van der Waals surface area contributed by atoms with Gasteiger partial charge in [-0.25, -0.2) is 14.2 Å². The number of benzene rings is 3. The molecule has 1 aromatic heterocycles. The second-order valence-corrected chi connectivity index (χ2v) is 13.1. The third-order valence-electron chi connectivity index (χ3n) is 9.88. The molecule has 2 saturated carbocycles. The minimum absolute atomic E-state index is 0.123. The van der Waals surface area contributed by atoms with Crippen molar-refractivity contribution in [3.05, 3.63) is 118 Å². The SMILES string of the molecule is COc1ccc(C(O[C@]23C[C@H]2C[C@]2(O)[C@@H](F)[C@H](n4cc(C)c(N=CN(C)C)nc4=O)O[C@@H]23)(c2ccccc2)c2ccc(OC)cc2)cc1. The maximum absolute atomic E-state index is 16.5. The van der Waals surface area contributed by atoms with Gasteiger partial charge < -0.3 is 29.0 Å². The van der Waals surface area contributed by atoms with Crippen molar-refractivity contribution < 1.29 is 28.4 Å². The topological polar surface area (TPSA) is 108 Å². The largest absolute Gasteiger partial charge is 0.497 e. The Bertz CT molecular complexity index is 1840. The zero-order chi connectivity index (χ0) is 33.8. The lowest BCUT2D eigenvalue weighted by Gasteiger charge is -2.41. The summed E-state index contributed by atoms with van der Waals surface area (Å²) in [5, 5.41) is 12.0. The molecule has 0 radical (unpaired) electrons. The molecule has 1 saturated heterocycles. The van der Waals surface area contributed by atoms with E-state index in [0.717, 1.165) is 21.3 Å². The Hall–Kier alpha value is -4.58. The highest BCUT2D eigenvalue weighted by Crippen LogP contribution is 2.70. The Morgan fingerprint density at radius 3 is 2.12 bits per heavy atom. The molecule has 0 amide bonds. The molecule has 1 aliphatic heterocycles. The summed E-state index contributed by atoms with van der Waals surface area (Å²) < 4.78 is 42.5. The fourth-order valence-electron chi connectivity index (χ4n) is 7.48.